The second kappa shape index (κ2) is 5.62. The lowest BCUT2D eigenvalue weighted by molar-refractivity contribution is 0.00647. The Morgan fingerprint density at radius 1 is 1.05 bits per heavy atom. The number of carbonyl (C=O) groups is 3. The molecule has 0 atom stereocenters. The van der Waals surface area contributed by atoms with Crippen LogP contribution in [0.2, 0.25) is 0 Å². The maximum absolute atomic E-state index is 12.1. The second-order valence-electron chi connectivity index (χ2n) is 4.96. The molecule has 0 bridgehead atoms. The Morgan fingerprint density at radius 2 is 1.50 bits per heavy atom. The maximum Gasteiger partial charge on any atom is 0.340 e. The SMILES string of the molecule is CC(C)(C)OC(=O)c1c(C(=O)O)ccc(C(=O)O)c1Br. The molecule has 0 aliphatic carbocycles. The lowest BCUT2D eigenvalue weighted by atomic mass is 10.0. The molecule has 0 aromatic heterocycles. The van der Waals surface area contributed by atoms with Crippen LogP contribution in [0.25, 0.3) is 0 Å². The van der Waals surface area contributed by atoms with E-state index in [1.54, 1.807) is 20.8 Å². The van der Waals surface area contributed by atoms with Gasteiger partial charge in [-0.3, -0.25) is 0 Å². The monoisotopic (exact) mass is 344 g/mol. The van der Waals surface area contributed by atoms with E-state index < -0.39 is 23.5 Å². The number of halogens is 1. The van der Waals surface area contributed by atoms with E-state index in [4.69, 9.17) is 14.9 Å². The lowest BCUT2D eigenvalue weighted by Crippen LogP contribution is -2.26. The van der Waals surface area contributed by atoms with Gasteiger partial charge in [0.2, 0.25) is 0 Å². The van der Waals surface area contributed by atoms with Crippen LogP contribution in [0.4, 0.5) is 0 Å². The number of rotatable bonds is 3. The summed E-state index contributed by atoms with van der Waals surface area (Å²) in [5, 5.41) is 18.1. The molecule has 6 nitrogen and oxygen atoms in total. The van der Waals surface area contributed by atoms with Crippen molar-refractivity contribution >= 4 is 33.8 Å². The van der Waals surface area contributed by atoms with Gasteiger partial charge >= 0.3 is 17.9 Å². The molecule has 0 aliphatic heterocycles. The number of benzene rings is 1. The molecule has 1 aromatic rings. The van der Waals surface area contributed by atoms with Crippen LogP contribution in [0.5, 0.6) is 0 Å². The van der Waals surface area contributed by atoms with E-state index in [1.807, 2.05) is 0 Å². The van der Waals surface area contributed by atoms with Gasteiger partial charge in [-0.2, -0.15) is 0 Å². The van der Waals surface area contributed by atoms with Crippen LogP contribution in [0.1, 0.15) is 51.8 Å². The summed E-state index contributed by atoms with van der Waals surface area (Å²) in [4.78, 5) is 34.3. The van der Waals surface area contributed by atoms with Crippen LogP contribution >= 0.6 is 15.9 Å². The molecule has 0 aliphatic rings. The fourth-order valence-corrected chi connectivity index (χ4v) is 2.13. The molecule has 1 aromatic carbocycles. The quantitative estimate of drug-likeness (QED) is 0.817. The Labute approximate surface area is 123 Å². The van der Waals surface area contributed by atoms with Gasteiger partial charge in [0.1, 0.15) is 5.60 Å². The summed E-state index contributed by atoms with van der Waals surface area (Å²) in [5.74, 6) is -3.52. The van der Waals surface area contributed by atoms with Crippen molar-refractivity contribution < 1.29 is 29.3 Å². The van der Waals surface area contributed by atoms with E-state index in [1.165, 1.54) is 0 Å². The Bertz CT molecular complexity index is 585. The van der Waals surface area contributed by atoms with Crippen molar-refractivity contribution in [2.24, 2.45) is 0 Å². The summed E-state index contributed by atoms with van der Waals surface area (Å²) < 4.78 is 4.99. The average molecular weight is 345 g/mol. The summed E-state index contributed by atoms with van der Waals surface area (Å²) in [7, 11) is 0. The minimum atomic E-state index is -1.34. The van der Waals surface area contributed by atoms with Gasteiger partial charge in [0.05, 0.1) is 16.7 Å². The molecule has 0 heterocycles. The predicted molar refractivity (Wildman–Crippen MR) is 73.2 cm³/mol. The molecule has 0 amide bonds. The number of hydrogen-bond acceptors (Lipinski definition) is 4. The summed E-state index contributed by atoms with van der Waals surface area (Å²) in [5.41, 5.74) is -1.68. The van der Waals surface area contributed by atoms with Crippen LogP contribution in [0.15, 0.2) is 16.6 Å². The summed E-state index contributed by atoms with van der Waals surface area (Å²) in [6, 6.07) is 2.18. The van der Waals surface area contributed by atoms with Crippen molar-refractivity contribution in [3.8, 4) is 0 Å². The minimum absolute atomic E-state index is 0.112. The Morgan fingerprint density at radius 3 is 1.90 bits per heavy atom. The van der Waals surface area contributed by atoms with E-state index in [9.17, 15) is 14.4 Å². The van der Waals surface area contributed by atoms with Crippen LogP contribution < -0.4 is 0 Å². The van der Waals surface area contributed by atoms with Crippen molar-refractivity contribution in [1.29, 1.82) is 0 Å². The predicted octanol–water partition coefficient (Wildman–Crippen LogP) is 2.80. The number of ether oxygens (including phenoxy) is 1. The lowest BCUT2D eigenvalue weighted by Gasteiger charge is -2.21. The van der Waals surface area contributed by atoms with Crippen LogP contribution in [-0.2, 0) is 4.74 Å². The van der Waals surface area contributed by atoms with Crippen molar-refractivity contribution in [2.45, 2.75) is 26.4 Å². The maximum atomic E-state index is 12.1. The van der Waals surface area contributed by atoms with Gasteiger partial charge in [-0.25, -0.2) is 14.4 Å². The Kier molecular flexibility index (Phi) is 4.54. The number of hydrogen-bond donors (Lipinski definition) is 2. The van der Waals surface area contributed by atoms with Gasteiger partial charge < -0.3 is 14.9 Å². The Balaban J connectivity index is 3.48. The first kappa shape index (κ1) is 16.2. The zero-order chi connectivity index (χ0) is 15.7. The van der Waals surface area contributed by atoms with E-state index in [0.717, 1.165) is 12.1 Å². The van der Waals surface area contributed by atoms with Crippen molar-refractivity contribution in [2.75, 3.05) is 0 Å². The van der Waals surface area contributed by atoms with Crippen LogP contribution in [0, 0.1) is 0 Å². The first-order valence-electron chi connectivity index (χ1n) is 5.57. The van der Waals surface area contributed by atoms with Gasteiger partial charge in [-0.1, -0.05) is 0 Å². The highest BCUT2D eigenvalue weighted by atomic mass is 79.9. The molecule has 0 spiro atoms. The summed E-state index contributed by atoms with van der Waals surface area (Å²) in [6.45, 7) is 4.88. The van der Waals surface area contributed by atoms with Gasteiger partial charge in [-0.05, 0) is 48.8 Å². The number of carboxylic acids is 2. The molecular weight excluding hydrogens is 332 g/mol. The number of carboxylic acid groups (broad SMARTS) is 2. The van der Waals surface area contributed by atoms with Gasteiger partial charge in [0.15, 0.2) is 0 Å². The van der Waals surface area contributed by atoms with Crippen molar-refractivity contribution in [1.82, 2.24) is 0 Å². The normalized spacial score (nSPS) is 11.0. The highest BCUT2D eigenvalue weighted by Gasteiger charge is 2.28. The fraction of sp³-hybridized carbons (Fsp3) is 0.308. The average Bonchev–Trinajstić information content (AvgIpc) is 2.24. The van der Waals surface area contributed by atoms with Crippen molar-refractivity contribution in [3.05, 3.63) is 33.3 Å². The third-order valence-electron chi connectivity index (χ3n) is 2.21. The molecule has 0 radical (unpaired) electrons. The third-order valence-corrected chi connectivity index (χ3v) is 3.03. The second-order valence-corrected chi connectivity index (χ2v) is 5.75. The van der Waals surface area contributed by atoms with Gasteiger partial charge in [0.25, 0.3) is 0 Å². The minimum Gasteiger partial charge on any atom is -0.478 e. The van der Waals surface area contributed by atoms with E-state index in [2.05, 4.69) is 15.9 Å². The molecule has 0 saturated heterocycles. The molecule has 2 N–H and O–H groups in total. The van der Waals surface area contributed by atoms with Crippen LogP contribution in [0.3, 0.4) is 0 Å². The first-order valence-corrected chi connectivity index (χ1v) is 6.36. The van der Waals surface area contributed by atoms with E-state index in [-0.39, 0.29) is 21.2 Å². The van der Waals surface area contributed by atoms with E-state index in [0.29, 0.717) is 0 Å². The molecule has 0 saturated carbocycles. The van der Waals surface area contributed by atoms with Crippen molar-refractivity contribution in [3.63, 3.8) is 0 Å². The third kappa shape index (κ3) is 3.57. The number of carbonyl (C=O) groups excluding carboxylic acids is 1. The summed E-state index contributed by atoms with van der Waals surface area (Å²) >= 11 is 2.96. The molecule has 108 valence electrons. The van der Waals surface area contributed by atoms with Gasteiger partial charge in [0, 0.05) is 4.47 Å². The molecular formula is C13H13BrO6. The molecule has 20 heavy (non-hydrogen) atoms. The number of esters is 1. The molecule has 0 fully saturated rings. The highest BCUT2D eigenvalue weighted by molar-refractivity contribution is 9.10. The topological polar surface area (TPSA) is 101 Å². The zero-order valence-corrected chi connectivity index (χ0v) is 12.6. The van der Waals surface area contributed by atoms with E-state index >= 15 is 0 Å². The summed E-state index contributed by atoms with van der Waals surface area (Å²) in [6.07, 6.45) is 0. The zero-order valence-electron chi connectivity index (χ0n) is 11.1. The molecule has 0 unspecified atom stereocenters. The Hall–Kier alpha value is -1.89. The first-order chi connectivity index (χ1) is 9.04. The smallest absolute Gasteiger partial charge is 0.340 e. The standard InChI is InChI=1S/C13H13BrO6/c1-13(2,3)20-12(19)8-6(10(15)16)4-5-7(9(8)14)11(17)18/h4-5H,1-3H3,(H,15,16)(H,17,18). The highest BCUT2D eigenvalue weighted by Crippen LogP contribution is 2.28. The van der Waals surface area contributed by atoms with Gasteiger partial charge in [-0.15, -0.1) is 0 Å². The van der Waals surface area contributed by atoms with Crippen LogP contribution in [-0.4, -0.2) is 33.7 Å². The molecule has 1 rings (SSSR count). The fourth-order valence-electron chi connectivity index (χ4n) is 1.45. The number of aromatic carboxylic acids is 2. The molecule has 7 heteroatoms. The largest absolute Gasteiger partial charge is 0.478 e.